The van der Waals surface area contributed by atoms with E-state index in [2.05, 4.69) is 5.32 Å². The van der Waals surface area contributed by atoms with Gasteiger partial charge in [-0.15, -0.1) is 0 Å². The van der Waals surface area contributed by atoms with E-state index in [1.54, 1.807) is 18.2 Å². The van der Waals surface area contributed by atoms with Crippen molar-refractivity contribution in [3.05, 3.63) is 65.7 Å². The van der Waals surface area contributed by atoms with E-state index in [1.165, 1.54) is 11.0 Å². The van der Waals surface area contributed by atoms with Gasteiger partial charge in [0, 0.05) is 6.54 Å². The summed E-state index contributed by atoms with van der Waals surface area (Å²) < 4.78 is 5.18. The highest BCUT2D eigenvalue weighted by Crippen LogP contribution is 2.19. The van der Waals surface area contributed by atoms with Crippen LogP contribution < -0.4 is 11.1 Å². The van der Waals surface area contributed by atoms with E-state index in [1.807, 2.05) is 30.3 Å². The summed E-state index contributed by atoms with van der Waals surface area (Å²) in [5.41, 5.74) is 6.67. The lowest BCUT2D eigenvalue weighted by atomic mass is 10.0. The van der Waals surface area contributed by atoms with Crippen molar-refractivity contribution < 1.29 is 23.9 Å². The second-order valence-corrected chi connectivity index (χ2v) is 7.33. The molecule has 1 saturated heterocycles. The van der Waals surface area contributed by atoms with Crippen LogP contribution in [0.5, 0.6) is 0 Å². The first kappa shape index (κ1) is 22.0. The molecule has 1 aliphatic rings. The van der Waals surface area contributed by atoms with Crippen LogP contribution in [-0.2, 0) is 25.5 Å². The summed E-state index contributed by atoms with van der Waals surface area (Å²) in [4.78, 5) is 50.4. The standard InChI is InChI=1S/C23H25N3O5/c24-22(29)19-12-6-7-13-26(19)21(28)15-31-23(30)17-10-4-5-11-18(17)25-20(27)14-16-8-2-1-3-9-16/h1-5,8-11,19H,6-7,12-15H2,(H2,24,29)(H,25,27)/t19-/m1/s1. The van der Waals surface area contributed by atoms with Gasteiger partial charge in [-0.05, 0) is 37.0 Å². The third-order valence-corrected chi connectivity index (χ3v) is 5.11. The van der Waals surface area contributed by atoms with Crippen molar-refractivity contribution in [2.45, 2.75) is 31.7 Å². The lowest BCUT2D eigenvalue weighted by Crippen LogP contribution is -2.51. The molecular formula is C23H25N3O5. The summed E-state index contributed by atoms with van der Waals surface area (Å²) in [6, 6.07) is 15.0. The lowest BCUT2D eigenvalue weighted by Gasteiger charge is -2.33. The van der Waals surface area contributed by atoms with Crippen LogP contribution in [0.25, 0.3) is 0 Å². The van der Waals surface area contributed by atoms with E-state index in [0.29, 0.717) is 18.7 Å². The van der Waals surface area contributed by atoms with Crippen LogP contribution in [-0.4, -0.2) is 47.8 Å². The number of rotatable bonds is 7. The Morgan fingerprint density at radius 2 is 1.71 bits per heavy atom. The SMILES string of the molecule is NC(=O)[C@H]1CCCCN1C(=O)COC(=O)c1ccccc1NC(=O)Cc1ccccc1. The van der Waals surface area contributed by atoms with Gasteiger partial charge in [-0.3, -0.25) is 14.4 Å². The Hall–Kier alpha value is -3.68. The van der Waals surface area contributed by atoms with E-state index in [9.17, 15) is 19.2 Å². The van der Waals surface area contributed by atoms with E-state index < -0.39 is 30.4 Å². The number of carbonyl (C=O) groups excluding carboxylic acids is 4. The maximum absolute atomic E-state index is 12.6. The smallest absolute Gasteiger partial charge is 0.340 e. The van der Waals surface area contributed by atoms with Gasteiger partial charge in [-0.25, -0.2) is 4.79 Å². The molecule has 8 heteroatoms. The van der Waals surface area contributed by atoms with Crippen LogP contribution in [0, 0.1) is 0 Å². The summed E-state index contributed by atoms with van der Waals surface area (Å²) in [6.45, 7) is -0.106. The second kappa shape index (κ2) is 10.4. The van der Waals surface area contributed by atoms with Gasteiger partial charge in [0.1, 0.15) is 6.04 Å². The van der Waals surface area contributed by atoms with Crippen LogP contribution >= 0.6 is 0 Å². The third-order valence-electron chi connectivity index (χ3n) is 5.11. The first-order valence-corrected chi connectivity index (χ1v) is 10.1. The molecule has 1 fully saturated rings. The Morgan fingerprint density at radius 3 is 2.45 bits per heavy atom. The Kier molecular flexibility index (Phi) is 7.37. The molecule has 162 valence electrons. The fourth-order valence-electron chi connectivity index (χ4n) is 3.56. The van der Waals surface area contributed by atoms with Crippen LogP contribution in [0.2, 0.25) is 0 Å². The second-order valence-electron chi connectivity index (χ2n) is 7.33. The van der Waals surface area contributed by atoms with Crippen LogP contribution in [0.15, 0.2) is 54.6 Å². The number of hydrogen-bond donors (Lipinski definition) is 2. The van der Waals surface area contributed by atoms with Gasteiger partial charge in [0.05, 0.1) is 17.7 Å². The Morgan fingerprint density at radius 1 is 1.00 bits per heavy atom. The van der Waals surface area contributed by atoms with Crippen molar-refractivity contribution in [2.75, 3.05) is 18.5 Å². The number of likely N-dealkylation sites (tertiary alicyclic amines) is 1. The molecule has 0 aliphatic carbocycles. The number of amides is 3. The number of hydrogen-bond acceptors (Lipinski definition) is 5. The van der Waals surface area contributed by atoms with Crippen molar-refractivity contribution in [1.29, 1.82) is 0 Å². The molecule has 31 heavy (non-hydrogen) atoms. The molecule has 0 radical (unpaired) electrons. The van der Waals surface area contributed by atoms with Crippen molar-refractivity contribution in [3.63, 3.8) is 0 Å². The fourth-order valence-corrected chi connectivity index (χ4v) is 3.56. The summed E-state index contributed by atoms with van der Waals surface area (Å²) in [7, 11) is 0. The molecule has 1 heterocycles. The molecule has 0 saturated carbocycles. The molecule has 0 unspecified atom stereocenters. The molecule has 8 nitrogen and oxygen atoms in total. The summed E-state index contributed by atoms with van der Waals surface area (Å²) in [6.07, 6.45) is 2.24. The molecule has 0 spiro atoms. The van der Waals surface area contributed by atoms with Crippen molar-refractivity contribution in [1.82, 2.24) is 4.90 Å². The fraction of sp³-hybridized carbons (Fsp3) is 0.304. The molecule has 0 bridgehead atoms. The zero-order valence-corrected chi connectivity index (χ0v) is 17.1. The predicted octanol–water partition coefficient (Wildman–Crippen LogP) is 1.89. The highest BCUT2D eigenvalue weighted by atomic mass is 16.5. The number of benzene rings is 2. The number of ether oxygens (including phenoxy) is 1. The number of carbonyl (C=O) groups is 4. The normalized spacial score (nSPS) is 15.7. The van der Waals surface area contributed by atoms with Crippen LogP contribution in [0.4, 0.5) is 5.69 Å². The van der Waals surface area contributed by atoms with Crippen molar-refractivity contribution >= 4 is 29.4 Å². The number of anilines is 1. The van der Waals surface area contributed by atoms with Gasteiger partial charge in [-0.2, -0.15) is 0 Å². The minimum Gasteiger partial charge on any atom is -0.452 e. The van der Waals surface area contributed by atoms with Crippen molar-refractivity contribution in [2.24, 2.45) is 5.73 Å². The summed E-state index contributed by atoms with van der Waals surface area (Å²) in [5.74, 6) is -2.05. The zero-order valence-electron chi connectivity index (χ0n) is 17.1. The molecule has 3 amide bonds. The van der Waals surface area contributed by atoms with E-state index in [4.69, 9.17) is 10.5 Å². The van der Waals surface area contributed by atoms with Gasteiger partial charge in [0.25, 0.3) is 5.91 Å². The molecule has 2 aromatic rings. The first-order chi connectivity index (χ1) is 15.0. The molecule has 2 aromatic carbocycles. The van der Waals surface area contributed by atoms with Gasteiger partial charge in [0.2, 0.25) is 11.8 Å². The Balaban J connectivity index is 1.61. The summed E-state index contributed by atoms with van der Waals surface area (Å²) in [5, 5.41) is 2.72. The van der Waals surface area contributed by atoms with Crippen molar-refractivity contribution in [3.8, 4) is 0 Å². The Bertz CT molecular complexity index is 961. The molecular weight excluding hydrogens is 398 g/mol. The minimum absolute atomic E-state index is 0.141. The van der Waals surface area contributed by atoms with Crippen LogP contribution in [0.3, 0.4) is 0 Å². The number of piperidine rings is 1. The molecule has 0 aromatic heterocycles. The average molecular weight is 423 g/mol. The zero-order chi connectivity index (χ0) is 22.2. The minimum atomic E-state index is -0.739. The third kappa shape index (κ3) is 5.91. The molecule has 1 aliphatic heterocycles. The summed E-state index contributed by atoms with van der Waals surface area (Å²) >= 11 is 0. The lowest BCUT2D eigenvalue weighted by molar-refractivity contribution is -0.143. The van der Waals surface area contributed by atoms with Crippen LogP contribution in [0.1, 0.15) is 35.2 Å². The molecule has 3 N–H and O–H groups in total. The molecule has 3 rings (SSSR count). The first-order valence-electron chi connectivity index (χ1n) is 10.1. The van der Waals surface area contributed by atoms with E-state index >= 15 is 0 Å². The maximum atomic E-state index is 12.6. The largest absolute Gasteiger partial charge is 0.452 e. The van der Waals surface area contributed by atoms with Gasteiger partial charge in [-0.1, -0.05) is 42.5 Å². The number of nitrogens with one attached hydrogen (secondary N) is 1. The molecule has 1 atom stereocenters. The highest BCUT2D eigenvalue weighted by molar-refractivity contribution is 6.02. The number of esters is 1. The average Bonchev–Trinajstić information content (AvgIpc) is 2.78. The van der Waals surface area contributed by atoms with Gasteiger partial charge >= 0.3 is 5.97 Å². The van der Waals surface area contributed by atoms with E-state index in [0.717, 1.165) is 18.4 Å². The predicted molar refractivity (Wildman–Crippen MR) is 114 cm³/mol. The van der Waals surface area contributed by atoms with Gasteiger partial charge < -0.3 is 20.7 Å². The maximum Gasteiger partial charge on any atom is 0.340 e. The number of nitrogens with two attached hydrogens (primary N) is 1. The monoisotopic (exact) mass is 423 g/mol. The number of primary amides is 1. The van der Waals surface area contributed by atoms with E-state index in [-0.39, 0.29) is 17.9 Å². The van der Waals surface area contributed by atoms with Gasteiger partial charge in [0.15, 0.2) is 6.61 Å². The topological polar surface area (TPSA) is 119 Å². The highest BCUT2D eigenvalue weighted by Gasteiger charge is 2.31. The Labute approximate surface area is 180 Å². The number of nitrogens with zero attached hydrogens (tertiary/aromatic N) is 1. The quantitative estimate of drug-likeness (QED) is 0.659. The number of para-hydroxylation sites is 1.